The molecule has 0 saturated heterocycles. The highest BCUT2D eigenvalue weighted by molar-refractivity contribution is 7.80. The van der Waals surface area contributed by atoms with Crippen LogP contribution in [-0.4, -0.2) is 31.8 Å². The molecule has 0 saturated carbocycles. The summed E-state index contributed by atoms with van der Waals surface area (Å²) in [5.41, 5.74) is 3.77. The predicted octanol–water partition coefficient (Wildman–Crippen LogP) is 3.32. The van der Waals surface area contributed by atoms with Crippen molar-refractivity contribution < 1.29 is 19.1 Å². The molecule has 0 fully saturated rings. The second-order valence-electron chi connectivity index (χ2n) is 5.01. The fourth-order valence-corrected chi connectivity index (χ4v) is 2.41. The number of carbonyl (C=O) groups is 2. The highest BCUT2D eigenvalue weighted by atomic mass is 32.1. The number of methoxy groups -OCH3 is 2. The van der Waals surface area contributed by atoms with Gasteiger partial charge in [-0.3, -0.25) is 4.79 Å². The molecule has 2 aromatic rings. The molecule has 0 aromatic heterocycles. The van der Waals surface area contributed by atoms with E-state index < -0.39 is 6.09 Å². The molecule has 130 valence electrons. The second kappa shape index (κ2) is 8.89. The zero-order valence-electron chi connectivity index (χ0n) is 13.9. The summed E-state index contributed by atoms with van der Waals surface area (Å²) in [7, 11) is 2.78. The second-order valence-corrected chi connectivity index (χ2v) is 5.49. The van der Waals surface area contributed by atoms with Gasteiger partial charge < -0.3 is 9.47 Å². The number of nitrogens with zero attached hydrogens (tertiary/aromatic N) is 1. The van der Waals surface area contributed by atoms with E-state index in [4.69, 9.17) is 4.74 Å². The fourth-order valence-electron chi connectivity index (χ4n) is 2.12. The van der Waals surface area contributed by atoms with Gasteiger partial charge in [0.15, 0.2) is 5.78 Å². The minimum atomic E-state index is -0.720. The van der Waals surface area contributed by atoms with Gasteiger partial charge >= 0.3 is 6.09 Å². The minimum absolute atomic E-state index is 0.0191. The van der Waals surface area contributed by atoms with Crippen LogP contribution in [0.2, 0.25) is 0 Å². The SMILES string of the molecule is COC(=O)N/N=C(\CC(=O)c1ccccc1S)c1cccc(OC)c1. The van der Waals surface area contributed by atoms with Gasteiger partial charge in [0.2, 0.25) is 0 Å². The summed E-state index contributed by atoms with van der Waals surface area (Å²) in [6, 6.07) is 14.1. The van der Waals surface area contributed by atoms with Gasteiger partial charge in [-0.05, 0) is 18.2 Å². The van der Waals surface area contributed by atoms with Crippen molar-refractivity contribution in [2.45, 2.75) is 11.3 Å². The number of hydrazone groups is 1. The highest BCUT2D eigenvalue weighted by Crippen LogP contribution is 2.19. The lowest BCUT2D eigenvalue weighted by atomic mass is 10.0. The number of ketones is 1. The lowest BCUT2D eigenvalue weighted by Crippen LogP contribution is -2.21. The summed E-state index contributed by atoms with van der Waals surface area (Å²) in [4.78, 5) is 24.5. The van der Waals surface area contributed by atoms with Crippen molar-refractivity contribution >= 4 is 30.2 Å². The van der Waals surface area contributed by atoms with Crippen LogP contribution in [0, 0.1) is 0 Å². The number of hydrogen-bond acceptors (Lipinski definition) is 6. The van der Waals surface area contributed by atoms with Gasteiger partial charge in [0.25, 0.3) is 0 Å². The Kier molecular flexibility index (Phi) is 6.59. The zero-order chi connectivity index (χ0) is 18.2. The third-order valence-corrected chi connectivity index (χ3v) is 3.79. The van der Waals surface area contributed by atoms with E-state index in [-0.39, 0.29) is 12.2 Å². The first-order chi connectivity index (χ1) is 12.0. The summed E-state index contributed by atoms with van der Waals surface area (Å²) < 4.78 is 9.71. The van der Waals surface area contributed by atoms with Gasteiger partial charge in [-0.2, -0.15) is 5.10 Å². The minimum Gasteiger partial charge on any atom is -0.497 e. The number of rotatable bonds is 6. The van der Waals surface area contributed by atoms with E-state index in [1.807, 2.05) is 0 Å². The molecule has 2 aromatic carbocycles. The number of benzene rings is 2. The number of thiol groups is 1. The molecule has 2 rings (SSSR count). The maximum absolute atomic E-state index is 12.6. The third kappa shape index (κ3) is 5.09. The molecule has 0 heterocycles. The normalized spacial score (nSPS) is 10.9. The van der Waals surface area contributed by atoms with E-state index in [9.17, 15) is 9.59 Å². The van der Waals surface area contributed by atoms with Crippen molar-refractivity contribution in [3.63, 3.8) is 0 Å². The summed E-state index contributed by atoms with van der Waals surface area (Å²) in [5.74, 6) is 0.448. The Morgan fingerprint density at radius 3 is 2.56 bits per heavy atom. The van der Waals surface area contributed by atoms with E-state index in [1.54, 1.807) is 55.6 Å². The molecule has 0 aliphatic rings. The number of ether oxygens (including phenoxy) is 2. The first kappa shape index (κ1) is 18.5. The predicted molar refractivity (Wildman–Crippen MR) is 97.7 cm³/mol. The molecular weight excluding hydrogens is 340 g/mol. The van der Waals surface area contributed by atoms with Gasteiger partial charge in [-0.15, -0.1) is 12.6 Å². The fraction of sp³-hybridized carbons (Fsp3) is 0.167. The Balaban J connectivity index is 2.32. The van der Waals surface area contributed by atoms with Gasteiger partial charge in [-0.1, -0.05) is 30.3 Å². The number of nitrogens with one attached hydrogen (secondary N) is 1. The van der Waals surface area contributed by atoms with E-state index in [0.717, 1.165) is 0 Å². The molecule has 6 nitrogen and oxygen atoms in total. The molecule has 0 atom stereocenters. The van der Waals surface area contributed by atoms with Crippen molar-refractivity contribution in [1.29, 1.82) is 0 Å². The molecule has 0 spiro atoms. The Morgan fingerprint density at radius 2 is 1.88 bits per heavy atom. The number of amides is 1. The summed E-state index contributed by atoms with van der Waals surface area (Å²) in [5, 5.41) is 4.03. The summed E-state index contributed by atoms with van der Waals surface area (Å²) >= 11 is 4.31. The average Bonchev–Trinajstić information content (AvgIpc) is 2.64. The molecule has 1 amide bonds. The van der Waals surface area contributed by atoms with Crippen molar-refractivity contribution in [2.75, 3.05) is 14.2 Å². The average molecular weight is 358 g/mol. The van der Waals surface area contributed by atoms with Crippen LogP contribution in [-0.2, 0) is 4.74 Å². The van der Waals surface area contributed by atoms with E-state index in [2.05, 4.69) is 27.9 Å². The molecule has 25 heavy (non-hydrogen) atoms. The largest absolute Gasteiger partial charge is 0.497 e. The van der Waals surface area contributed by atoms with Crippen molar-refractivity contribution in [3.05, 3.63) is 59.7 Å². The monoisotopic (exact) mass is 358 g/mol. The van der Waals surface area contributed by atoms with Crippen LogP contribution in [0.4, 0.5) is 4.79 Å². The zero-order valence-corrected chi connectivity index (χ0v) is 14.7. The van der Waals surface area contributed by atoms with Crippen LogP contribution in [0.25, 0.3) is 0 Å². The highest BCUT2D eigenvalue weighted by Gasteiger charge is 2.15. The molecule has 0 bridgehead atoms. The first-order valence-electron chi connectivity index (χ1n) is 7.41. The quantitative estimate of drug-likeness (QED) is 0.359. The van der Waals surface area contributed by atoms with Crippen LogP contribution in [0.1, 0.15) is 22.3 Å². The molecule has 0 radical (unpaired) electrons. The molecule has 1 N–H and O–H groups in total. The van der Waals surface area contributed by atoms with Gasteiger partial charge in [0, 0.05) is 16.0 Å². The van der Waals surface area contributed by atoms with Crippen molar-refractivity contribution in [2.24, 2.45) is 5.10 Å². The maximum atomic E-state index is 12.6. The molecule has 0 aliphatic heterocycles. The topological polar surface area (TPSA) is 77.0 Å². The van der Waals surface area contributed by atoms with Crippen LogP contribution in [0.5, 0.6) is 5.75 Å². The Bertz CT molecular complexity index is 805. The Morgan fingerprint density at radius 1 is 1.12 bits per heavy atom. The van der Waals surface area contributed by atoms with E-state index >= 15 is 0 Å². The summed E-state index contributed by atoms with van der Waals surface area (Å²) in [6.45, 7) is 0. The standard InChI is InChI=1S/C18H18N2O4S/c1-23-13-7-5-6-12(10-13)15(19-20-18(22)24-2)11-16(21)14-8-3-4-9-17(14)25/h3-10,25H,11H2,1-2H3,(H,20,22)/b19-15+. The smallest absolute Gasteiger partial charge is 0.427 e. The van der Waals surface area contributed by atoms with Crippen molar-refractivity contribution in [1.82, 2.24) is 5.43 Å². The van der Waals surface area contributed by atoms with Crippen LogP contribution in [0.3, 0.4) is 0 Å². The van der Waals surface area contributed by atoms with E-state index in [1.165, 1.54) is 7.11 Å². The van der Waals surface area contributed by atoms with E-state index in [0.29, 0.717) is 27.5 Å². The third-order valence-electron chi connectivity index (χ3n) is 3.40. The van der Waals surface area contributed by atoms with Gasteiger partial charge in [-0.25, -0.2) is 10.2 Å². The van der Waals surface area contributed by atoms with Crippen LogP contribution >= 0.6 is 12.6 Å². The molecular formula is C18H18N2O4S. The number of carbonyl (C=O) groups excluding carboxylic acids is 2. The van der Waals surface area contributed by atoms with Gasteiger partial charge in [0.05, 0.1) is 26.4 Å². The maximum Gasteiger partial charge on any atom is 0.427 e. The summed E-state index contributed by atoms with van der Waals surface area (Å²) in [6.07, 6.45) is -0.739. The molecule has 7 heteroatoms. The van der Waals surface area contributed by atoms with Crippen molar-refractivity contribution in [3.8, 4) is 5.75 Å². The Hall–Kier alpha value is -2.80. The molecule has 0 aliphatic carbocycles. The lowest BCUT2D eigenvalue weighted by Gasteiger charge is -2.09. The van der Waals surface area contributed by atoms with Crippen LogP contribution in [0.15, 0.2) is 58.5 Å². The number of hydrogen-bond donors (Lipinski definition) is 2. The molecule has 0 unspecified atom stereocenters. The first-order valence-corrected chi connectivity index (χ1v) is 7.86. The Labute approximate surface area is 151 Å². The van der Waals surface area contributed by atoms with Gasteiger partial charge in [0.1, 0.15) is 5.75 Å². The lowest BCUT2D eigenvalue weighted by molar-refractivity contribution is 0.0997. The number of Topliss-reactive ketones (excluding diaryl/α,β-unsaturated/α-hetero) is 1. The van der Waals surface area contributed by atoms with Crippen LogP contribution < -0.4 is 10.2 Å².